The highest BCUT2D eigenvalue weighted by atomic mass is 14.9. The fraction of sp³-hybridized carbons (Fsp3) is 0.600. The Labute approximate surface area is 68.0 Å². The molecule has 1 fully saturated rings. The SMILES string of the molecule is C=CC1C(C)=CC2(N)C(C)C12. The minimum Gasteiger partial charge on any atom is -0.321 e. The number of fused-ring (bicyclic) bond motifs is 1. The van der Waals surface area contributed by atoms with Gasteiger partial charge in [0.25, 0.3) is 0 Å². The minimum atomic E-state index is 0.0307. The molecule has 0 radical (unpaired) electrons. The smallest absolute Gasteiger partial charge is 0.0412 e. The van der Waals surface area contributed by atoms with Crippen LogP contribution in [0.15, 0.2) is 24.3 Å². The maximum Gasteiger partial charge on any atom is 0.0412 e. The van der Waals surface area contributed by atoms with E-state index in [4.69, 9.17) is 5.73 Å². The summed E-state index contributed by atoms with van der Waals surface area (Å²) in [5.74, 6) is 1.86. The number of hydrogen-bond donors (Lipinski definition) is 1. The average molecular weight is 149 g/mol. The van der Waals surface area contributed by atoms with E-state index < -0.39 is 0 Å². The molecule has 1 saturated carbocycles. The van der Waals surface area contributed by atoms with Gasteiger partial charge in [-0.05, 0) is 18.8 Å². The molecule has 60 valence electrons. The van der Waals surface area contributed by atoms with Gasteiger partial charge in [0.15, 0.2) is 0 Å². The van der Waals surface area contributed by atoms with Gasteiger partial charge in [0.1, 0.15) is 0 Å². The molecule has 1 nitrogen and oxygen atoms in total. The Hall–Kier alpha value is -0.560. The Morgan fingerprint density at radius 3 is 2.73 bits per heavy atom. The molecule has 0 spiro atoms. The molecule has 2 aliphatic rings. The summed E-state index contributed by atoms with van der Waals surface area (Å²) >= 11 is 0. The summed E-state index contributed by atoms with van der Waals surface area (Å²) in [6.07, 6.45) is 4.27. The van der Waals surface area contributed by atoms with E-state index in [-0.39, 0.29) is 5.54 Å². The van der Waals surface area contributed by atoms with E-state index in [9.17, 15) is 0 Å². The van der Waals surface area contributed by atoms with Gasteiger partial charge in [0.2, 0.25) is 0 Å². The van der Waals surface area contributed by atoms with Crippen molar-refractivity contribution >= 4 is 0 Å². The Kier molecular flexibility index (Phi) is 1.15. The molecule has 4 atom stereocenters. The summed E-state index contributed by atoms with van der Waals surface area (Å²) in [6.45, 7) is 8.22. The first-order valence-electron chi connectivity index (χ1n) is 4.22. The van der Waals surface area contributed by atoms with Gasteiger partial charge in [0, 0.05) is 11.5 Å². The first kappa shape index (κ1) is 7.11. The zero-order chi connectivity index (χ0) is 8.22. The quantitative estimate of drug-likeness (QED) is 0.564. The van der Waals surface area contributed by atoms with Crippen LogP contribution in [-0.4, -0.2) is 5.54 Å². The van der Waals surface area contributed by atoms with Crippen molar-refractivity contribution < 1.29 is 0 Å². The highest BCUT2D eigenvalue weighted by Gasteiger charge is 2.63. The highest BCUT2D eigenvalue weighted by molar-refractivity contribution is 5.40. The molecule has 0 amide bonds. The average Bonchev–Trinajstić information content (AvgIpc) is 2.39. The van der Waals surface area contributed by atoms with Crippen molar-refractivity contribution in [1.82, 2.24) is 0 Å². The molecule has 0 heterocycles. The molecule has 11 heavy (non-hydrogen) atoms. The Bertz CT molecular complexity index is 241. The maximum atomic E-state index is 6.13. The molecule has 0 aromatic heterocycles. The lowest BCUT2D eigenvalue weighted by molar-refractivity contribution is 0.616. The largest absolute Gasteiger partial charge is 0.321 e. The summed E-state index contributed by atoms with van der Waals surface area (Å²) < 4.78 is 0. The van der Waals surface area contributed by atoms with E-state index >= 15 is 0 Å². The Morgan fingerprint density at radius 1 is 1.73 bits per heavy atom. The van der Waals surface area contributed by atoms with E-state index in [0.717, 1.165) is 0 Å². The summed E-state index contributed by atoms with van der Waals surface area (Å²) in [4.78, 5) is 0. The van der Waals surface area contributed by atoms with Crippen molar-refractivity contribution in [3.63, 3.8) is 0 Å². The van der Waals surface area contributed by atoms with Crippen molar-refractivity contribution in [3.05, 3.63) is 24.3 Å². The maximum absolute atomic E-state index is 6.13. The van der Waals surface area contributed by atoms with Crippen molar-refractivity contribution in [2.45, 2.75) is 19.4 Å². The second-order valence-corrected chi connectivity index (χ2v) is 3.96. The molecule has 2 N–H and O–H groups in total. The topological polar surface area (TPSA) is 26.0 Å². The summed E-state index contributed by atoms with van der Waals surface area (Å²) in [6, 6.07) is 0. The van der Waals surface area contributed by atoms with Gasteiger partial charge in [0.05, 0.1) is 0 Å². The Balaban J connectivity index is 2.32. The minimum absolute atomic E-state index is 0.0307. The van der Waals surface area contributed by atoms with E-state index in [1.165, 1.54) is 5.57 Å². The first-order chi connectivity index (χ1) is 5.11. The molecule has 0 bridgehead atoms. The summed E-state index contributed by atoms with van der Waals surface area (Å²) in [5, 5.41) is 0. The lowest BCUT2D eigenvalue weighted by atomic mass is 9.97. The van der Waals surface area contributed by atoms with E-state index in [1.807, 2.05) is 6.08 Å². The van der Waals surface area contributed by atoms with Gasteiger partial charge >= 0.3 is 0 Å². The fourth-order valence-corrected chi connectivity index (χ4v) is 2.60. The second-order valence-electron chi connectivity index (χ2n) is 3.96. The van der Waals surface area contributed by atoms with Crippen LogP contribution >= 0.6 is 0 Å². The molecule has 0 aliphatic heterocycles. The molecule has 0 aromatic carbocycles. The van der Waals surface area contributed by atoms with Crippen LogP contribution in [0, 0.1) is 17.8 Å². The zero-order valence-electron chi connectivity index (χ0n) is 7.17. The standard InChI is InChI=1S/C10H15N/c1-4-8-6(2)5-10(11)7(3)9(8)10/h4-5,7-9H,1,11H2,2-3H3. The molecular formula is C10H15N. The molecule has 1 heteroatoms. The van der Waals surface area contributed by atoms with Crippen molar-refractivity contribution in [3.8, 4) is 0 Å². The second kappa shape index (κ2) is 1.78. The fourth-order valence-electron chi connectivity index (χ4n) is 2.60. The highest BCUT2D eigenvalue weighted by Crippen LogP contribution is 2.60. The van der Waals surface area contributed by atoms with Gasteiger partial charge in [-0.25, -0.2) is 0 Å². The van der Waals surface area contributed by atoms with E-state index in [0.29, 0.717) is 17.8 Å². The third kappa shape index (κ3) is 0.646. The Morgan fingerprint density at radius 2 is 2.36 bits per heavy atom. The lowest BCUT2D eigenvalue weighted by Crippen LogP contribution is -2.21. The van der Waals surface area contributed by atoms with Gasteiger partial charge in [-0.3, -0.25) is 0 Å². The molecule has 4 unspecified atom stereocenters. The third-order valence-corrected chi connectivity index (χ3v) is 3.44. The van der Waals surface area contributed by atoms with Crippen molar-refractivity contribution in [2.24, 2.45) is 23.5 Å². The van der Waals surface area contributed by atoms with Crippen LogP contribution in [0.2, 0.25) is 0 Å². The number of allylic oxidation sites excluding steroid dienone is 2. The van der Waals surface area contributed by atoms with Gasteiger partial charge < -0.3 is 5.73 Å². The van der Waals surface area contributed by atoms with Crippen LogP contribution in [0.4, 0.5) is 0 Å². The van der Waals surface area contributed by atoms with Crippen LogP contribution < -0.4 is 5.73 Å². The van der Waals surface area contributed by atoms with Crippen LogP contribution in [0.1, 0.15) is 13.8 Å². The first-order valence-corrected chi connectivity index (χ1v) is 4.22. The lowest BCUT2D eigenvalue weighted by Gasteiger charge is -2.07. The molecule has 0 saturated heterocycles. The van der Waals surface area contributed by atoms with Crippen molar-refractivity contribution in [1.29, 1.82) is 0 Å². The van der Waals surface area contributed by atoms with Crippen LogP contribution in [0.25, 0.3) is 0 Å². The van der Waals surface area contributed by atoms with Gasteiger partial charge in [-0.2, -0.15) is 0 Å². The summed E-state index contributed by atoms with van der Waals surface area (Å²) in [7, 11) is 0. The van der Waals surface area contributed by atoms with E-state index in [2.05, 4.69) is 26.5 Å². The van der Waals surface area contributed by atoms with Crippen LogP contribution in [0.3, 0.4) is 0 Å². The molecule has 2 rings (SSSR count). The van der Waals surface area contributed by atoms with Gasteiger partial charge in [-0.15, -0.1) is 6.58 Å². The van der Waals surface area contributed by atoms with Crippen LogP contribution in [-0.2, 0) is 0 Å². The summed E-state index contributed by atoms with van der Waals surface area (Å²) in [5.41, 5.74) is 7.57. The third-order valence-electron chi connectivity index (χ3n) is 3.44. The monoisotopic (exact) mass is 149 g/mol. The number of nitrogens with two attached hydrogens (primary N) is 1. The normalized spacial score (nSPS) is 53.4. The molecule has 0 aromatic rings. The van der Waals surface area contributed by atoms with E-state index in [1.54, 1.807) is 0 Å². The zero-order valence-corrected chi connectivity index (χ0v) is 7.17. The predicted octanol–water partition coefficient (Wildman–Crippen LogP) is 1.71. The van der Waals surface area contributed by atoms with Crippen LogP contribution in [0.5, 0.6) is 0 Å². The predicted molar refractivity (Wildman–Crippen MR) is 47.0 cm³/mol. The number of hydrogen-bond acceptors (Lipinski definition) is 1. The molecule has 2 aliphatic carbocycles. The molecular weight excluding hydrogens is 134 g/mol. The van der Waals surface area contributed by atoms with Crippen molar-refractivity contribution in [2.75, 3.05) is 0 Å². The van der Waals surface area contributed by atoms with Gasteiger partial charge in [-0.1, -0.05) is 24.6 Å². The number of rotatable bonds is 1.